The van der Waals surface area contributed by atoms with Gasteiger partial charge >= 0.3 is 0 Å². The molecule has 0 aromatic heterocycles. The molecule has 6 nitrogen and oxygen atoms in total. The summed E-state index contributed by atoms with van der Waals surface area (Å²) in [5.41, 5.74) is 2.44. The quantitative estimate of drug-likeness (QED) is 0.336. The molecule has 0 unspecified atom stereocenters. The highest BCUT2D eigenvalue weighted by molar-refractivity contribution is 14.0. The summed E-state index contributed by atoms with van der Waals surface area (Å²) >= 11 is 0. The molecule has 0 aliphatic carbocycles. The molecule has 0 bridgehead atoms. The summed E-state index contributed by atoms with van der Waals surface area (Å²) in [5.74, 6) is 1.62. The first-order valence-electron chi connectivity index (χ1n) is 10.4. The van der Waals surface area contributed by atoms with Crippen LogP contribution < -0.4 is 5.32 Å². The minimum atomic E-state index is -3.39. The molecule has 0 radical (unpaired) electrons. The summed E-state index contributed by atoms with van der Waals surface area (Å²) in [5, 5.41) is 3.42. The second kappa shape index (κ2) is 11.8. The standard InChI is InChI=1S/C23H32N4O2S.HI/c1-24-23(25-18-21-9-11-22(12-10-21)30(28,29)26(2)3)27-15-13-20(14-16-27)17-19-7-5-4-6-8-19;/h4-12,20H,13-18H2,1-3H3,(H,24,25);1H. The Balaban J connectivity index is 0.00000341. The van der Waals surface area contributed by atoms with Crippen LogP contribution in [0.4, 0.5) is 0 Å². The number of nitrogens with zero attached hydrogens (tertiary/aromatic N) is 3. The number of likely N-dealkylation sites (tertiary alicyclic amines) is 1. The molecule has 1 N–H and O–H groups in total. The van der Waals surface area contributed by atoms with Gasteiger partial charge in [0.05, 0.1) is 4.90 Å². The van der Waals surface area contributed by atoms with Crippen molar-refractivity contribution in [3.8, 4) is 0 Å². The number of halogens is 1. The van der Waals surface area contributed by atoms with Gasteiger partial charge in [0.25, 0.3) is 0 Å². The van der Waals surface area contributed by atoms with E-state index in [1.165, 1.54) is 24.0 Å². The molecule has 0 amide bonds. The number of sulfonamides is 1. The second-order valence-corrected chi connectivity index (χ2v) is 10.1. The number of guanidine groups is 1. The fourth-order valence-electron chi connectivity index (χ4n) is 3.80. The van der Waals surface area contributed by atoms with Crippen molar-refractivity contribution in [2.45, 2.75) is 30.7 Å². The van der Waals surface area contributed by atoms with Gasteiger partial charge < -0.3 is 10.2 Å². The van der Waals surface area contributed by atoms with Gasteiger partial charge in [-0.1, -0.05) is 42.5 Å². The second-order valence-electron chi connectivity index (χ2n) is 7.95. The van der Waals surface area contributed by atoms with Crippen molar-refractivity contribution in [3.05, 3.63) is 65.7 Å². The molecule has 0 saturated carbocycles. The maximum atomic E-state index is 12.2. The van der Waals surface area contributed by atoms with Crippen LogP contribution in [0.2, 0.25) is 0 Å². The van der Waals surface area contributed by atoms with Crippen molar-refractivity contribution in [2.24, 2.45) is 10.9 Å². The average Bonchev–Trinajstić information content (AvgIpc) is 2.76. The van der Waals surface area contributed by atoms with E-state index in [1.807, 2.05) is 19.2 Å². The molecule has 170 valence electrons. The topological polar surface area (TPSA) is 65.0 Å². The number of piperidine rings is 1. The van der Waals surface area contributed by atoms with Gasteiger partial charge in [-0.15, -0.1) is 24.0 Å². The van der Waals surface area contributed by atoms with Gasteiger partial charge in [-0.05, 0) is 48.4 Å². The first kappa shape index (κ1) is 25.6. The summed E-state index contributed by atoms with van der Waals surface area (Å²) < 4.78 is 25.6. The molecule has 1 heterocycles. The Morgan fingerprint density at radius 3 is 2.19 bits per heavy atom. The summed E-state index contributed by atoms with van der Waals surface area (Å²) in [6, 6.07) is 17.7. The van der Waals surface area contributed by atoms with E-state index in [1.54, 1.807) is 12.1 Å². The van der Waals surface area contributed by atoms with Crippen molar-refractivity contribution < 1.29 is 8.42 Å². The number of hydrogen-bond acceptors (Lipinski definition) is 3. The van der Waals surface area contributed by atoms with Gasteiger partial charge in [0.15, 0.2) is 5.96 Å². The molecule has 0 atom stereocenters. The lowest BCUT2D eigenvalue weighted by Crippen LogP contribution is -2.45. The lowest BCUT2D eigenvalue weighted by atomic mass is 9.90. The molecule has 1 fully saturated rings. The first-order valence-corrected chi connectivity index (χ1v) is 11.8. The van der Waals surface area contributed by atoms with Crippen LogP contribution in [0.5, 0.6) is 0 Å². The molecule has 2 aromatic rings. The smallest absolute Gasteiger partial charge is 0.242 e. The largest absolute Gasteiger partial charge is 0.352 e. The van der Waals surface area contributed by atoms with Gasteiger partial charge in [-0.3, -0.25) is 4.99 Å². The molecule has 3 rings (SSSR count). The van der Waals surface area contributed by atoms with Crippen LogP contribution in [-0.2, 0) is 23.0 Å². The molecule has 1 aliphatic heterocycles. The Morgan fingerprint density at radius 1 is 1.03 bits per heavy atom. The molecule has 0 spiro atoms. The number of rotatable bonds is 6. The lowest BCUT2D eigenvalue weighted by Gasteiger charge is -2.34. The van der Waals surface area contributed by atoms with Crippen molar-refractivity contribution in [3.63, 3.8) is 0 Å². The highest BCUT2D eigenvalue weighted by atomic mass is 127. The van der Waals surface area contributed by atoms with E-state index in [9.17, 15) is 8.42 Å². The Morgan fingerprint density at radius 2 is 1.65 bits per heavy atom. The normalized spacial score (nSPS) is 15.6. The Hall–Kier alpha value is -1.65. The zero-order chi connectivity index (χ0) is 21.6. The van der Waals surface area contributed by atoms with Crippen LogP contribution in [0.25, 0.3) is 0 Å². The third-order valence-corrected chi connectivity index (χ3v) is 7.47. The van der Waals surface area contributed by atoms with Crippen LogP contribution in [0, 0.1) is 5.92 Å². The molecule has 8 heteroatoms. The molecular weight excluding hydrogens is 523 g/mol. The average molecular weight is 557 g/mol. The third kappa shape index (κ3) is 6.92. The van der Waals surface area contributed by atoms with E-state index in [2.05, 4.69) is 45.5 Å². The van der Waals surface area contributed by atoms with Crippen molar-refractivity contribution in [1.29, 1.82) is 0 Å². The van der Waals surface area contributed by atoms with E-state index in [4.69, 9.17) is 0 Å². The number of hydrogen-bond donors (Lipinski definition) is 1. The van der Waals surface area contributed by atoms with Crippen LogP contribution in [-0.4, -0.2) is 57.8 Å². The summed E-state index contributed by atoms with van der Waals surface area (Å²) in [6.45, 7) is 2.60. The highest BCUT2D eigenvalue weighted by Gasteiger charge is 2.22. The predicted molar refractivity (Wildman–Crippen MR) is 137 cm³/mol. The number of aliphatic imine (C=N–C) groups is 1. The number of benzene rings is 2. The van der Waals surface area contributed by atoms with E-state index >= 15 is 0 Å². The summed E-state index contributed by atoms with van der Waals surface area (Å²) in [7, 11) is 1.50. The molecule has 31 heavy (non-hydrogen) atoms. The Kier molecular flexibility index (Phi) is 9.77. The van der Waals surface area contributed by atoms with E-state index in [-0.39, 0.29) is 24.0 Å². The zero-order valence-corrected chi connectivity index (χ0v) is 21.6. The van der Waals surface area contributed by atoms with Gasteiger partial charge in [0, 0.05) is 40.8 Å². The maximum Gasteiger partial charge on any atom is 0.242 e. The van der Waals surface area contributed by atoms with Crippen LogP contribution in [0.15, 0.2) is 64.5 Å². The monoisotopic (exact) mass is 556 g/mol. The first-order chi connectivity index (χ1) is 14.4. The minimum absolute atomic E-state index is 0. The zero-order valence-electron chi connectivity index (χ0n) is 18.5. The van der Waals surface area contributed by atoms with Gasteiger partial charge in [-0.25, -0.2) is 12.7 Å². The molecule has 2 aromatic carbocycles. The van der Waals surface area contributed by atoms with Crippen molar-refractivity contribution in [1.82, 2.24) is 14.5 Å². The van der Waals surface area contributed by atoms with E-state index < -0.39 is 10.0 Å². The van der Waals surface area contributed by atoms with Crippen LogP contribution >= 0.6 is 24.0 Å². The molecule has 1 saturated heterocycles. The van der Waals surface area contributed by atoms with Crippen molar-refractivity contribution in [2.75, 3.05) is 34.2 Å². The minimum Gasteiger partial charge on any atom is -0.352 e. The fraction of sp³-hybridized carbons (Fsp3) is 0.435. The third-order valence-electron chi connectivity index (χ3n) is 5.65. The molecular formula is C23H33IN4O2S. The van der Waals surface area contributed by atoms with E-state index in [0.29, 0.717) is 17.4 Å². The van der Waals surface area contributed by atoms with E-state index in [0.717, 1.165) is 43.9 Å². The Labute approximate surface area is 203 Å². The predicted octanol–water partition coefficient (Wildman–Crippen LogP) is 3.59. The van der Waals surface area contributed by atoms with Gasteiger partial charge in [0.2, 0.25) is 10.0 Å². The highest BCUT2D eigenvalue weighted by Crippen LogP contribution is 2.22. The van der Waals surface area contributed by atoms with Crippen molar-refractivity contribution >= 4 is 40.0 Å². The summed E-state index contributed by atoms with van der Waals surface area (Å²) in [6.07, 6.45) is 3.46. The van der Waals surface area contributed by atoms with Crippen LogP contribution in [0.1, 0.15) is 24.0 Å². The SMILES string of the molecule is CN=C(NCc1ccc(S(=O)(=O)N(C)C)cc1)N1CCC(Cc2ccccc2)CC1.I. The Bertz CT molecular complexity index is 939. The fourth-order valence-corrected chi connectivity index (χ4v) is 4.70. The van der Waals surface area contributed by atoms with Gasteiger partial charge in [-0.2, -0.15) is 0 Å². The number of nitrogens with one attached hydrogen (secondary N) is 1. The van der Waals surface area contributed by atoms with Gasteiger partial charge in [0.1, 0.15) is 0 Å². The maximum absolute atomic E-state index is 12.2. The molecule has 1 aliphatic rings. The van der Waals surface area contributed by atoms with Crippen LogP contribution in [0.3, 0.4) is 0 Å². The lowest BCUT2D eigenvalue weighted by molar-refractivity contribution is 0.259. The summed E-state index contributed by atoms with van der Waals surface area (Å²) in [4.78, 5) is 7.06.